The Kier molecular flexibility index (Phi) is 12.6. The van der Waals surface area contributed by atoms with Crippen molar-refractivity contribution in [2.45, 2.75) is 83.1 Å². The van der Waals surface area contributed by atoms with Gasteiger partial charge in [-0.25, -0.2) is 17.6 Å². The molecule has 9 heteroatoms. The lowest BCUT2D eigenvalue weighted by Crippen LogP contribution is -2.51. The molecule has 0 unspecified atom stereocenters. The van der Waals surface area contributed by atoms with Crippen LogP contribution < -0.4 is 5.32 Å². The van der Waals surface area contributed by atoms with E-state index in [2.05, 4.69) is 37.9 Å². The summed E-state index contributed by atoms with van der Waals surface area (Å²) in [5, 5.41) is 3.06. The number of hydrogen-bond donors (Lipinski definition) is 1. The SMILES string of the molecule is CCCCCCCCNC(=O)N(CCN1CCN(S(=O)(=O)c2ccc(C(C)(C)C)cc2)CC1)Cc1ccc(F)cc1. The van der Waals surface area contributed by atoms with Crippen molar-refractivity contribution in [1.29, 1.82) is 0 Å². The molecule has 1 fully saturated rings. The number of urea groups is 1. The Morgan fingerprint density at radius 3 is 2.12 bits per heavy atom. The van der Waals surface area contributed by atoms with Gasteiger partial charge in [0.25, 0.3) is 0 Å². The highest BCUT2D eigenvalue weighted by Gasteiger charge is 2.29. The number of halogens is 1. The second kappa shape index (κ2) is 15.7. The van der Waals surface area contributed by atoms with E-state index in [1.54, 1.807) is 33.5 Å². The summed E-state index contributed by atoms with van der Waals surface area (Å²) >= 11 is 0. The topological polar surface area (TPSA) is 73.0 Å². The maximum atomic E-state index is 13.4. The molecule has 1 heterocycles. The van der Waals surface area contributed by atoms with E-state index in [9.17, 15) is 17.6 Å². The Balaban J connectivity index is 1.52. The van der Waals surface area contributed by atoms with E-state index in [1.165, 1.54) is 37.8 Å². The third-order valence-electron chi connectivity index (χ3n) is 7.76. The Morgan fingerprint density at radius 1 is 0.902 bits per heavy atom. The lowest BCUT2D eigenvalue weighted by atomic mass is 9.87. The van der Waals surface area contributed by atoms with E-state index in [0.29, 0.717) is 57.3 Å². The number of sulfonamides is 1. The lowest BCUT2D eigenvalue weighted by molar-refractivity contribution is 0.156. The van der Waals surface area contributed by atoms with Crippen LogP contribution in [0, 0.1) is 5.82 Å². The summed E-state index contributed by atoms with van der Waals surface area (Å²) in [7, 11) is -3.56. The largest absolute Gasteiger partial charge is 0.338 e. The summed E-state index contributed by atoms with van der Waals surface area (Å²) in [6.07, 6.45) is 6.95. The summed E-state index contributed by atoms with van der Waals surface area (Å²) in [5.74, 6) is -0.300. The van der Waals surface area contributed by atoms with Crippen molar-refractivity contribution in [3.63, 3.8) is 0 Å². The average Bonchev–Trinajstić information content (AvgIpc) is 2.95. The molecule has 2 amide bonds. The molecule has 0 spiro atoms. The van der Waals surface area contributed by atoms with Gasteiger partial charge in [0.05, 0.1) is 4.90 Å². The molecule has 0 bridgehead atoms. The van der Waals surface area contributed by atoms with Crippen molar-refractivity contribution in [2.75, 3.05) is 45.8 Å². The minimum atomic E-state index is -3.56. The van der Waals surface area contributed by atoms with Crippen LogP contribution in [0.4, 0.5) is 9.18 Å². The molecule has 0 aromatic heterocycles. The number of amides is 2. The van der Waals surface area contributed by atoms with Crippen LogP contribution in [0.3, 0.4) is 0 Å². The van der Waals surface area contributed by atoms with Gasteiger partial charge in [0.1, 0.15) is 5.82 Å². The zero-order valence-corrected chi connectivity index (χ0v) is 26.2. The number of carbonyl (C=O) groups is 1. The van der Waals surface area contributed by atoms with E-state index in [-0.39, 0.29) is 17.3 Å². The van der Waals surface area contributed by atoms with Gasteiger partial charge in [-0.1, -0.05) is 84.1 Å². The van der Waals surface area contributed by atoms with E-state index in [0.717, 1.165) is 24.0 Å². The van der Waals surface area contributed by atoms with Crippen molar-refractivity contribution in [2.24, 2.45) is 0 Å². The molecule has 41 heavy (non-hydrogen) atoms. The molecule has 0 radical (unpaired) electrons. The van der Waals surface area contributed by atoms with Crippen LogP contribution in [0.5, 0.6) is 0 Å². The summed E-state index contributed by atoms with van der Waals surface area (Å²) < 4.78 is 41.5. The van der Waals surface area contributed by atoms with Crippen LogP contribution in [0.1, 0.15) is 77.3 Å². The fourth-order valence-electron chi connectivity index (χ4n) is 5.01. The van der Waals surface area contributed by atoms with Gasteiger partial charge in [-0.15, -0.1) is 0 Å². The Morgan fingerprint density at radius 2 is 1.51 bits per heavy atom. The number of benzene rings is 2. The molecule has 1 saturated heterocycles. The zero-order chi connectivity index (χ0) is 29.9. The number of rotatable bonds is 14. The number of hydrogen-bond acceptors (Lipinski definition) is 4. The summed E-state index contributed by atoms with van der Waals surface area (Å²) in [5.41, 5.74) is 1.93. The first kappa shape index (κ1) is 33.0. The molecule has 228 valence electrons. The van der Waals surface area contributed by atoms with E-state index in [4.69, 9.17) is 0 Å². The van der Waals surface area contributed by atoms with Crippen LogP contribution in [0.15, 0.2) is 53.4 Å². The fourth-order valence-corrected chi connectivity index (χ4v) is 6.43. The zero-order valence-electron chi connectivity index (χ0n) is 25.4. The number of piperazine rings is 1. The molecule has 7 nitrogen and oxygen atoms in total. The van der Waals surface area contributed by atoms with E-state index < -0.39 is 10.0 Å². The molecular formula is C32H49FN4O3S. The smallest absolute Gasteiger partial charge is 0.317 e. The highest BCUT2D eigenvalue weighted by Crippen LogP contribution is 2.25. The first-order valence-corrected chi connectivity index (χ1v) is 16.5. The second-order valence-electron chi connectivity index (χ2n) is 12.1. The standard InChI is InChI=1S/C32H49FN4O3S/c1-5-6-7-8-9-10-19-34-31(38)36(26-27-11-15-29(33)16-12-27)23-20-35-21-24-37(25-22-35)41(39,40)30-17-13-28(14-18-30)32(2,3)4/h11-18H,5-10,19-26H2,1-4H3,(H,34,38). The predicted molar refractivity (Wildman–Crippen MR) is 164 cm³/mol. The van der Waals surface area contributed by atoms with Crippen LogP contribution in [0.25, 0.3) is 0 Å². The number of unbranched alkanes of at least 4 members (excludes halogenated alkanes) is 5. The van der Waals surface area contributed by atoms with Gasteiger partial charge in [0.2, 0.25) is 10.0 Å². The van der Waals surface area contributed by atoms with Crippen LogP contribution in [-0.4, -0.2) is 74.4 Å². The van der Waals surface area contributed by atoms with E-state index >= 15 is 0 Å². The lowest BCUT2D eigenvalue weighted by Gasteiger charge is -2.35. The van der Waals surface area contributed by atoms with Crippen molar-refractivity contribution in [3.8, 4) is 0 Å². The Labute approximate surface area is 247 Å². The third-order valence-corrected chi connectivity index (χ3v) is 9.67. The molecule has 3 rings (SSSR count). The number of carbonyl (C=O) groups excluding carboxylic acids is 1. The average molecular weight is 589 g/mol. The van der Waals surface area contributed by atoms with Gasteiger partial charge in [0, 0.05) is 52.4 Å². The van der Waals surface area contributed by atoms with Crippen LogP contribution in [-0.2, 0) is 22.0 Å². The van der Waals surface area contributed by atoms with Gasteiger partial charge in [-0.3, -0.25) is 4.90 Å². The van der Waals surface area contributed by atoms with Gasteiger partial charge in [-0.05, 0) is 47.2 Å². The summed E-state index contributed by atoms with van der Waals surface area (Å²) in [6.45, 7) is 12.7. The molecule has 0 saturated carbocycles. The monoisotopic (exact) mass is 588 g/mol. The molecule has 2 aromatic rings. The van der Waals surface area contributed by atoms with Crippen molar-refractivity contribution in [1.82, 2.24) is 19.4 Å². The first-order valence-electron chi connectivity index (χ1n) is 15.1. The van der Waals surface area contributed by atoms with Crippen LogP contribution >= 0.6 is 0 Å². The third kappa shape index (κ3) is 10.4. The molecular weight excluding hydrogens is 539 g/mol. The number of nitrogens with one attached hydrogen (secondary N) is 1. The first-order chi connectivity index (χ1) is 19.5. The van der Waals surface area contributed by atoms with Crippen molar-refractivity contribution < 1.29 is 17.6 Å². The number of nitrogens with zero attached hydrogens (tertiary/aromatic N) is 3. The highest BCUT2D eigenvalue weighted by atomic mass is 32.2. The van der Waals surface area contributed by atoms with Gasteiger partial charge in [-0.2, -0.15) is 4.31 Å². The molecule has 0 aliphatic carbocycles. The molecule has 1 aliphatic rings. The second-order valence-corrected chi connectivity index (χ2v) is 14.0. The maximum Gasteiger partial charge on any atom is 0.317 e. The fraction of sp³-hybridized carbons (Fsp3) is 0.594. The summed E-state index contributed by atoms with van der Waals surface area (Å²) in [4.78, 5) is 17.4. The van der Waals surface area contributed by atoms with Crippen molar-refractivity contribution >= 4 is 16.1 Å². The van der Waals surface area contributed by atoms with E-state index in [1.807, 2.05) is 12.1 Å². The highest BCUT2D eigenvalue weighted by molar-refractivity contribution is 7.89. The van der Waals surface area contributed by atoms with Gasteiger partial charge < -0.3 is 10.2 Å². The Bertz CT molecular complexity index is 1170. The molecule has 1 N–H and O–H groups in total. The predicted octanol–water partition coefficient (Wildman–Crippen LogP) is 6.00. The molecule has 2 aromatic carbocycles. The molecule has 0 atom stereocenters. The summed E-state index contributed by atoms with van der Waals surface area (Å²) in [6, 6.07) is 13.3. The quantitative estimate of drug-likeness (QED) is 0.275. The minimum absolute atomic E-state index is 0.0380. The van der Waals surface area contributed by atoms with Gasteiger partial charge >= 0.3 is 6.03 Å². The molecule has 1 aliphatic heterocycles. The van der Waals surface area contributed by atoms with Gasteiger partial charge in [0.15, 0.2) is 0 Å². The maximum absolute atomic E-state index is 13.4. The normalized spacial score (nSPS) is 15.1. The van der Waals surface area contributed by atoms with Crippen molar-refractivity contribution in [3.05, 3.63) is 65.5 Å². The Hall–Kier alpha value is -2.49. The van der Waals surface area contributed by atoms with Crippen LogP contribution in [0.2, 0.25) is 0 Å². The minimum Gasteiger partial charge on any atom is -0.338 e.